The summed E-state index contributed by atoms with van der Waals surface area (Å²) in [5.41, 5.74) is -0.515. The maximum absolute atomic E-state index is 11.2. The second-order valence-corrected chi connectivity index (χ2v) is 3.97. The molecule has 1 aliphatic heterocycles. The SMILES string of the molecule is C=C(OC1CC(C)(C)OC1=O)C(C)=O. The third kappa shape index (κ3) is 2.34. The minimum absolute atomic E-state index is 0.00431. The zero-order valence-electron chi connectivity index (χ0n) is 8.62. The average molecular weight is 198 g/mol. The van der Waals surface area contributed by atoms with Crippen molar-refractivity contribution in [3.63, 3.8) is 0 Å². The molecule has 1 heterocycles. The molecule has 14 heavy (non-hydrogen) atoms. The van der Waals surface area contributed by atoms with Gasteiger partial charge in [0.05, 0.1) is 0 Å². The molecule has 1 rings (SSSR count). The van der Waals surface area contributed by atoms with Crippen LogP contribution in [0.2, 0.25) is 0 Å². The molecule has 4 nitrogen and oxygen atoms in total. The van der Waals surface area contributed by atoms with Crippen LogP contribution in [0.1, 0.15) is 27.2 Å². The number of hydrogen-bond donors (Lipinski definition) is 0. The summed E-state index contributed by atoms with van der Waals surface area (Å²) < 4.78 is 10.1. The molecule has 0 aromatic heterocycles. The fourth-order valence-electron chi connectivity index (χ4n) is 1.25. The Hall–Kier alpha value is -1.32. The van der Waals surface area contributed by atoms with Crippen LogP contribution in [0.15, 0.2) is 12.3 Å². The lowest BCUT2D eigenvalue weighted by Gasteiger charge is -2.14. The number of hydrogen-bond acceptors (Lipinski definition) is 4. The Morgan fingerprint density at radius 1 is 1.64 bits per heavy atom. The highest BCUT2D eigenvalue weighted by Crippen LogP contribution is 2.28. The molecule has 1 unspecified atom stereocenters. The summed E-state index contributed by atoms with van der Waals surface area (Å²) in [6.45, 7) is 8.35. The molecule has 0 amide bonds. The summed E-state index contributed by atoms with van der Waals surface area (Å²) in [6.07, 6.45) is -0.251. The van der Waals surface area contributed by atoms with E-state index >= 15 is 0 Å². The van der Waals surface area contributed by atoms with Crippen molar-refractivity contribution in [1.82, 2.24) is 0 Å². The first kappa shape index (κ1) is 10.8. The Kier molecular flexibility index (Phi) is 2.64. The zero-order valence-corrected chi connectivity index (χ0v) is 8.62. The first-order valence-corrected chi connectivity index (χ1v) is 4.41. The van der Waals surface area contributed by atoms with E-state index in [-0.39, 0.29) is 11.5 Å². The number of ketones is 1. The summed E-state index contributed by atoms with van der Waals surface area (Å²) in [7, 11) is 0. The molecule has 0 saturated carbocycles. The third-order valence-corrected chi connectivity index (χ3v) is 1.99. The van der Waals surface area contributed by atoms with Gasteiger partial charge in [0, 0.05) is 13.3 Å². The van der Waals surface area contributed by atoms with Crippen LogP contribution >= 0.6 is 0 Å². The maximum atomic E-state index is 11.2. The van der Waals surface area contributed by atoms with Crippen molar-refractivity contribution < 1.29 is 19.1 Å². The van der Waals surface area contributed by atoms with Gasteiger partial charge in [-0.25, -0.2) is 4.79 Å². The van der Waals surface area contributed by atoms with E-state index in [1.54, 1.807) is 13.8 Å². The quantitative estimate of drug-likeness (QED) is 0.388. The number of cyclic esters (lactones) is 1. The first-order chi connectivity index (χ1) is 6.32. The van der Waals surface area contributed by atoms with Gasteiger partial charge < -0.3 is 9.47 Å². The molecular formula is C10H14O4. The largest absolute Gasteiger partial charge is 0.475 e. The molecule has 0 aromatic rings. The number of rotatable bonds is 3. The average Bonchev–Trinajstić information content (AvgIpc) is 2.24. The number of allylic oxidation sites excluding steroid dienone is 1. The van der Waals surface area contributed by atoms with Crippen molar-refractivity contribution in [1.29, 1.82) is 0 Å². The van der Waals surface area contributed by atoms with E-state index in [9.17, 15) is 9.59 Å². The highest BCUT2D eigenvalue weighted by molar-refractivity contribution is 5.91. The van der Waals surface area contributed by atoms with E-state index in [4.69, 9.17) is 9.47 Å². The molecule has 1 aliphatic rings. The molecule has 0 radical (unpaired) electrons. The van der Waals surface area contributed by atoms with Gasteiger partial charge in [0.1, 0.15) is 5.60 Å². The van der Waals surface area contributed by atoms with Gasteiger partial charge in [0.15, 0.2) is 17.6 Å². The van der Waals surface area contributed by atoms with Crippen LogP contribution in [0.5, 0.6) is 0 Å². The zero-order chi connectivity index (χ0) is 10.9. The Morgan fingerprint density at radius 3 is 2.57 bits per heavy atom. The van der Waals surface area contributed by atoms with Crippen molar-refractivity contribution in [2.75, 3.05) is 0 Å². The summed E-state index contributed by atoms with van der Waals surface area (Å²) in [4.78, 5) is 22.1. The summed E-state index contributed by atoms with van der Waals surface area (Å²) in [5, 5.41) is 0. The van der Waals surface area contributed by atoms with Gasteiger partial charge in [-0.05, 0) is 13.8 Å². The second-order valence-electron chi connectivity index (χ2n) is 3.97. The number of ether oxygens (including phenoxy) is 2. The van der Waals surface area contributed by atoms with Gasteiger partial charge in [0.2, 0.25) is 0 Å². The lowest BCUT2D eigenvalue weighted by atomic mass is 10.0. The Bertz CT molecular complexity index is 290. The van der Waals surface area contributed by atoms with Crippen LogP contribution in [0.25, 0.3) is 0 Å². The summed E-state index contributed by atoms with van der Waals surface area (Å²) >= 11 is 0. The molecule has 0 N–H and O–H groups in total. The molecule has 78 valence electrons. The fourth-order valence-corrected chi connectivity index (χ4v) is 1.25. The van der Waals surface area contributed by atoms with E-state index in [1.165, 1.54) is 6.92 Å². The Balaban J connectivity index is 2.60. The smallest absolute Gasteiger partial charge is 0.348 e. The van der Waals surface area contributed by atoms with Crippen LogP contribution in [-0.2, 0) is 19.1 Å². The Labute approximate surface area is 82.9 Å². The molecule has 0 aromatic carbocycles. The molecule has 1 saturated heterocycles. The topological polar surface area (TPSA) is 52.6 Å². The lowest BCUT2D eigenvalue weighted by Crippen LogP contribution is -2.20. The molecule has 0 spiro atoms. The summed E-state index contributed by atoms with van der Waals surface area (Å²) in [6, 6.07) is 0. The van der Waals surface area contributed by atoms with Gasteiger partial charge in [-0.1, -0.05) is 6.58 Å². The molecule has 0 aliphatic carbocycles. The van der Waals surface area contributed by atoms with Gasteiger partial charge in [-0.3, -0.25) is 4.79 Å². The lowest BCUT2D eigenvalue weighted by molar-refractivity contribution is -0.151. The van der Waals surface area contributed by atoms with Crippen molar-refractivity contribution in [3.05, 3.63) is 12.3 Å². The van der Waals surface area contributed by atoms with E-state index in [0.717, 1.165) is 0 Å². The van der Waals surface area contributed by atoms with Gasteiger partial charge in [-0.2, -0.15) is 0 Å². The van der Waals surface area contributed by atoms with E-state index < -0.39 is 17.7 Å². The van der Waals surface area contributed by atoms with Crippen molar-refractivity contribution in [2.24, 2.45) is 0 Å². The van der Waals surface area contributed by atoms with Crippen molar-refractivity contribution >= 4 is 11.8 Å². The predicted molar refractivity (Wildman–Crippen MR) is 49.5 cm³/mol. The molecule has 0 bridgehead atoms. The normalized spacial score (nSPS) is 24.2. The Morgan fingerprint density at radius 2 is 2.21 bits per heavy atom. The second kappa shape index (κ2) is 3.44. The number of carbonyl (C=O) groups excluding carboxylic acids is 2. The molecule has 1 fully saturated rings. The maximum Gasteiger partial charge on any atom is 0.348 e. The molecule has 1 atom stereocenters. The number of Topliss-reactive ketones (excluding diaryl/α,β-unsaturated/α-hetero) is 1. The fraction of sp³-hybridized carbons (Fsp3) is 0.600. The standard InChI is InChI=1S/C10H14O4/c1-6(11)7(2)13-8-5-10(3,4)14-9(8)12/h8H,2,5H2,1,3-4H3. The van der Waals surface area contributed by atoms with Crippen LogP contribution in [-0.4, -0.2) is 23.5 Å². The van der Waals surface area contributed by atoms with Crippen molar-refractivity contribution in [3.8, 4) is 0 Å². The highest BCUT2D eigenvalue weighted by atomic mass is 16.6. The monoisotopic (exact) mass is 198 g/mol. The van der Waals surface area contributed by atoms with Gasteiger partial charge >= 0.3 is 5.97 Å². The van der Waals surface area contributed by atoms with Crippen LogP contribution in [0.3, 0.4) is 0 Å². The minimum Gasteiger partial charge on any atom is -0.475 e. The van der Waals surface area contributed by atoms with Crippen molar-refractivity contribution in [2.45, 2.75) is 38.9 Å². The molecule has 4 heteroatoms. The molecular weight excluding hydrogens is 184 g/mol. The summed E-state index contributed by atoms with van der Waals surface area (Å²) in [5.74, 6) is -0.704. The third-order valence-electron chi connectivity index (χ3n) is 1.99. The number of carbonyl (C=O) groups is 2. The van der Waals surface area contributed by atoms with Crippen LogP contribution in [0.4, 0.5) is 0 Å². The van der Waals surface area contributed by atoms with Crippen LogP contribution in [0, 0.1) is 0 Å². The highest BCUT2D eigenvalue weighted by Gasteiger charge is 2.42. The van der Waals surface area contributed by atoms with E-state index in [2.05, 4.69) is 6.58 Å². The van der Waals surface area contributed by atoms with E-state index in [1.807, 2.05) is 0 Å². The van der Waals surface area contributed by atoms with Crippen LogP contribution < -0.4 is 0 Å². The van der Waals surface area contributed by atoms with E-state index in [0.29, 0.717) is 6.42 Å². The first-order valence-electron chi connectivity index (χ1n) is 4.41. The van der Waals surface area contributed by atoms with Gasteiger partial charge in [0.25, 0.3) is 0 Å². The predicted octanol–water partition coefficient (Wildman–Crippen LogP) is 1.20. The minimum atomic E-state index is -0.693. The number of esters is 1. The van der Waals surface area contributed by atoms with Gasteiger partial charge in [-0.15, -0.1) is 0 Å².